The van der Waals surface area contributed by atoms with E-state index in [1.807, 2.05) is 13.0 Å². The van der Waals surface area contributed by atoms with Crippen LogP contribution < -0.4 is 11.1 Å². The van der Waals surface area contributed by atoms with Crippen LogP contribution in [0.5, 0.6) is 0 Å². The highest BCUT2D eigenvalue weighted by atomic mass is 35.5. The van der Waals surface area contributed by atoms with Gasteiger partial charge in [0.05, 0.1) is 5.25 Å². The zero-order valence-corrected chi connectivity index (χ0v) is 12.4. The van der Waals surface area contributed by atoms with E-state index in [1.165, 1.54) is 11.8 Å². The molecule has 1 atom stereocenters. The molecule has 2 aromatic rings. The summed E-state index contributed by atoms with van der Waals surface area (Å²) in [5.41, 5.74) is 6.25. The number of nitrogen functional groups attached to an aromatic ring is 1. The number of pyridine rings is 1. The highest BCUT2D eigenvalue weighted by Crippen LogP contribution is 2.24. The number of halogens is 1. The molecule has 1 aromatic carbocycles. The van der Waals surface area contributed by atoms with Crippen LogP contribution in [0.4, 0.5) is 11.5 Å². The van der Waals surface area contributed by atoms with Crippen molar-refractivity contribution in [1.82, 2.24) is 4.98 Å². The lowest BCUT2D eigenvalue weighted by Crippen LogP contribution is -2.22. The molecule has 0 aliphatic carbocycles. The first-order chi connectivity index (χ1) is 9.54. The van der Waals surface area contributed by atoms with Crippen molar-refractivity contribution in [2.24, 2.45) is 0 Å². The number of carbonyl (C=O) groups excluding carboxylic acids is 1. The lowest BCUT2D eigenvalue weighted by atomic mass is 10.3. The van der Waals surface area contributed by atoms with Crippen LogP contribution in [0.3, 0.4) is 0 Å². The van der Waals surface area contributed by atoms with Crippen molar-refractivity contribution in [3.05, 3.63) is 47.6 Å². The molecule has 104 valence electrons. The first-order valence-electron chi connectivity index (χ1n) is 5.99. The predicted octanol–water partition coefficient (Wildman–Crippen LogP) is 3.44. The highest BCUT2D eigenvalue weighted by molar-refractivity contribution is 8.00. The number of amides is 1. The maximum Gasteiger partial charge on any atom is 0.237 e. The minimum atomic E-state index is -0.240. The lowest BCUT2D eigenvalue weighted by molar-refractivity contribution is -0.115. The summed E-state index contributed by atoms with van der Waals surface area (Å²) in [6.45, 7) is 1.84. The number of nitrogens with zero attached hydrogens (tertiary/aromatic N) is 1. The van der Waals surface area contributed by atoms with E-state index < -0.39 is 0 Å². The molecule has 0 bridgehead atoms. The Kier molecular flexibility index (Phi) is 4.87. The van der Waals surface area contributed by atoms with Crippen molar-refractivity contribution in [3.63, 3.8) is 0 Å². The minimum absolute atomic E-state index is 0.0749. The van der Waals surface area contributed by atoms with Crippen molar-refractivity contribution in [3.8, 4) is 0 Å². The SMILES string of the molecule is CC(Sc1ccc(N)nc1)C(=O)Nc1ccc(Cl)cc1. The van der Waals surface area contributed by atoms with Crippen LogP contribution in [-0.4, -0.2) is 16.1 Å². The van der Waals surface area contributed by atoms with Gasteiger partial charge in [-0.2, -0.15) is 0 Å². The van der Waals surface area contributed by atoms with Crippen LogP contribution in [0, 0.1) is 0 Å². The van der Waals surface area contributed by atoms with E-state index >= 15 is 0 Å². The van der Waals surface area contributed by atoms with Gasteiger partial charge in [-0.15, -0.1) is 11.8 Å². The Morgan fingerprint density at radius 2 is 2.00 bits per heavy atom. The zero-order chi connectivity index (χ0) is 14.5. The summed E-state index contributed by atoms with van der Waals surface area (Å²) < 4.78 is 0. The number of nitrogens with two attached hydrogens (primary N) is 1. The molecule has 0 fully saturated rings. The van der Waals surface area contributed by atoms with Crippen molar-refractivity contribution in [2.45, 2.75) is 17.1 Å². The quantitative estimate of drug-likeness (QED) is 0.849. The Morgan fingerprint density at radius 3 is 2.60 bits per heavy atom. The molecule has 0 radical (unpaired) electrons. The van der Waals surface area contributed by atoms with E-state index in [-0.39, 0.29) is 11.2 Å². The molecular weight excluding hydrogens is 294 g/mol. The second-order valence-corrected chi connectivity index (χ2v) is 6.03. The molecule has 0 aliphatic rings. The number of benzene rings is 1. The smallest absolute Gasteiger partial charge is 0.237 e. The minimum Gasteiger partial charge on any atom is -0.384 e. The molecule has 1 amide bonds. The topological polar surface area (TPSA) is 68.0 Å². The third-order valence-electron chi connectivity index (χ3n) is 2.55. The molecule has 0 spiro atoms. The van der Waals surface area contributed by atoms with E-state index in [2.05, 4.69) is 10.3 Å². The van der Waals surface area contributed by atoms with E-state index in [4.69, 9.17) is 17.3 Å². The fraction of sp³-hybridized carbons (Fsp3) is 0.143. The van der Waals surface area contributed by atoms with E-state index in [0.717, 1.165) is 10.6 Å². The molecule has 1 heterocycles. The second kappa shape index (κ2) is 6.63. The summed E-state index contributed by atoms with van der Waals surface area (Å²) in [5, 5.41) is 3.23. The Morgan fingerprint density at radius 1 is 1.30 bits per heavy atom. The van der Waals surface area contributed by atoms with Crippen molar-refractivity contribution < 1.29 is 4.79 Å². The second-order valence-electron chi connectivity index (χ2n) is 4.17. The maximum atomic E-state index is 12.1. The first kappa shape index (κ1) is 14.7. The average Bonchev–Trinajstić information content (AvgIpc) is 2.44. The summed E-state index contributed by atoms with van der Waals surface area (Å²) in [6, 6.07) is 10.6. The lowest BCUT2D eigenvalue weighted by Gasteiger charge is -2.12. The average molecular weight is 308 g/mol. The van der Waals surface area contributed by atoms with Crippen LogP contribution >= 0.6 is 23.4 Å². The summed E-state index contributed by atoms with van der Waals surface area (Å²) in [7, 11) is 0. The summed E-state index contributed by atoms with van der Waals surface area (Å²) >= 11 is 7.22. The number of anilines is 2. The maximum absolute atomic E-state index is 12.1. The Labute approximate surface area is 126 Å². The van der Waals surface area contributed by atoms with Gasteiger partial charge in [-0.05, 0) is 43.3 Å². The third kappa shape index (κ3) is 4.15. The number of hydrogen-bond donors (Lipinski definition) is 2. The molecule has 3 N–H and O–H groups in total. The van der Waals surface area contributed by atoms with Crippen molar-refractivity contribution in [1.29, 1.82) is 0 Å². The van der Waals surface area contributed by atoms with Crippen LogP contribution in [0.15, 0.2) is 47.5 Å². The Bertz CT molecular complexity index is 586. The zero-order valence-electron chi connectivity index (χ0n) is 10.8. The van der Waals surface area contributed by atoms with Gasteiger partial charge in [0.2, 0.25) is 5.91 Å². The van der Waals surface area contributed by atoms with Crippen molar-refractivity contribution >= 4 is 40.8 Å². The Balaban J connectivity index is 1.94. The fourth-order valence-corrected chi connectivity index (χ4v) is 2.46. The van der Waals surface area contributed by atoms with Gasteiger partial charge in [0.1, 0.15) is 5.82 Å². The molecule has 2 rings (SSSR count). The van der Waals surface area contributed by atoms with Crippen LogP contribution in [0.2, 0.25) is 5.02 Å². The van der Waals surface area contributed by atoms with Gasteiger partial charge in [0.25, 0.3) is 0 Å². The van der Waals surface area contributed by atoms with Crippen LogP contribution in [0.1, 0.15) is 6.92 Å². The molecule has 4 nitrogen and oxygen atoms in total. The molecule has 0 aliphatic heterocycles. The van der Waals surface area contributed by atoms with Gasteiger partial charge in [0, 0.05) is 21.8 Å². The van der Waals surface area contributed by atoms with E-state index in [0.29, 0.717) is 10.8 Å². The van der Waals surface area contributed by atoms with Gasteiger partial charge in [-0.25, -0.2) is 4.98 Å². The number of thioether (sulfide) groups is 1. The molecule has 6 heteroatoms. The van der Waals surface area contributed by atoms with Crippen molar-refractivity contribution in [2.75, 3.05) is 11.1 Å². The normalized spacial score (nSPS) is 11.9. The summed E-state index contributed by atoms with van der Waals surface area (Å²) in [6.07, 6.45) is 1.66. The van der Waals surface area contributed by atoms with Gasteiger partial charge >= 0.3 is 0 Å². The van der Waals surface area contributed by atoms with Gasteiger partial charge < -0.3 is 11.1 Å². The highest BCUT2D eigenvalue weighted by Gasteiger charge is 2.14. The number of carbonyl (C=O) groups is 1. The molecule has 0 saturated heterocycles. The van der Waals surface area contributed by atoms with Crippen LogP contribution in [-0.2, 0) is 4.79 Å². The number of rotatable bonds is 4. The third-order valence-corrected chi connectivity index (χ3v) is 3.89. The molecule has 0 saturated carbocycles. The standard InChI is InChI=1S/C14H14ClN3OS/c1-9(20-12-6-7-13(16)17-8-12)14(19)18-11-4-2-10(15)3-5-11/h2-9H,1H3,(H2,16,17)(H,18,19). The predicted molar refractivity (Wildman–Crippen MR) is 84.1 cm³/mol. The number of hydrogen-bond acceptors (Lipinski definition) is 4. The monoisotopic (exact) mass is 307 g/mol. The van der Waals surface area contributed by atoms with Gasteiger partial charge in [-0.3, -0.25) is 4.79 Å². The number of nitrogens with one attached hydrogen (secondary N) is 1. The van der Waals surface area contributed by atoms with Crippen LogP contribution in [0.25, 0.3) is 0 Å². The summed E-state index contributed by atoms with van der Waals surface area (Å²) in [4.78, 5) is 17.0. The Hall–Kier alpha value is -1.72. The molecule has 20 heavy (non-hydrogen) atoms. The van der Waals surface area contributed by atoms with E-state index in [9.17, 15) is 4.79 Å². The molecular formula is C14H14ClN3OS. The summed E-state index contributed by atoms with van der Waals surface area (Å²) in [5.74, 6) is 0.391. The molecule has 1 aromatic heterocycles. The van der Waals surface area contributed by atoms with Gasteiger partial charge in [-0.1, -0.05) is 11.6 Å². The first-order valence-corrected chi connectivity index (χ1v) is 7.25. The number of aromatic nitrogens is 1. The molecule has 1 unspecified atom stereocenters. The van der Waals surface area contributed by atoms with Gasteiger partial charge in [0.15, 0.2) is 0 Å². The largest absolute Gasteiger partial charge is 0.384 e. The fourth-order valence-electron chi connectivity index (χ4n) is 1.50. The van der Waals surface area contributed by atoms with E-state index in [1.54, 1.807) is 36.5 Å².